The SMILES string of the molecule is CCC(O)(CC)CNC(=O)CCc1ccc(Cl)cc1. The number of hydrogen-bond acceptors (Lipinski definition) is 2. The molecule has 1 aromatic rings. The summed E-state index contributed by atoms with van der Waals surface area (Å²) in [6.45, 7) is 4.16. The van der Waals surface area contributed by atoms with E-state index in [1.165, 1.54) is 0 Å². The van der Waals surface area contributed by atoms with Gasteiger partial charge in [0.1, 0.15) is 0 Å². The molecule has 0 saturated heterocycles. The van der Waals surface area contributed by atoms with Gasteiger partial charge in [0.05, 0.1) is 5.60 Å². The van der Waals surface area contributed by atoms with E-state index in [9.17, 15) is 9.90 Å². The van der Waals surface area contributed by atoms with Crippen molar-refractivity contribution in [1.82, 2.24) is 5.32 Å². The van der Waals surface area contributed by atoms with Gasteiger partial charge in [0.2, 0.25) is 5.91 Å². The van der Waals surface area contributed by atoms with Crippen LogP contribution in [0.3, 0.4) is 0 Å². The molecule has 1 rings (SSSR count). The first-order chi connectivity index (χ1) is 8.99. The van der Waals surface area contributed by atoms with Gasteiger partial charge in [-0.3, -0.25) is 4.79 Å². The molecule has 0 heterocycles. The van der Waals surface area contributed by atoms with Gasteiger partial charge in [-0.2, -0.15) is 0 Å². The molecule has 0 atom stereocenters. The summed E-state index contributed by atoms with van der Waals surface area (Å²) in [5.41, 5.74) is 0.302. The lowest BCUT2D eigenvalue weighted by atomic mass is 9.97. The molecule has 0 radical (unpaired) electrons. The van der Waals surface area contributed by atoms with E-state index in [1.807, 2.05) is 38.1 Å². The Morgan fingerprint density at radius 1 is 1.26 bits per heavy atom. The topological polar surface area (TPSA) is 49.3 Å². The predicted molar refractivity (Wildman–Crippen MR) is 78.3 cm³/mol. The fraction of sp³-hybridized carbons (Fsp3) is 0.533. The van der Waals surface area contributed by atoms with E-state index in [-0.39, 0.29) is 5.91 Å². The van der Waals surface area contributed by atoms with Gasteiger partial charge in [-0.05, 0) is 37.0 Å². The Bertz CT molecular complexity index is 399. The number of carbonyl (C=O) groups excluding carboxylic acids is 1. The van der Waals surface area contributed by atoms with Crippen molar-refractivity contribution in [3.63, 3.8) is 0 Å². The monoisotopic (exact) mass is 283 g/mol. The van der Waals surface area contributed by atoms with Gasteiger partial charge in [-0.1, -0.05) is 37.6 Å². The molecule has 4 heteroatoms. The minimum atomic E-state index is -0.782. The Morgan fingerprint density at radius 2 is 1.84 bits per heavy atom. The zero-order valence-electron chi connectivity index (χ0n) is 11.6. The van der Waals surface area contributed by atoms with Crippen molar-refractivity contribution >= 4 is 17.5 Å². The first kappa shape index (κ1) is 16.0. The fourth-order valence-corrected chi connectivity index (χ4v) is 1.89. The second kappa shape index (κ2) is 7.51. The maximum absolute atomic E-state index is 11.7. The molecule has 3 nitrogen and oxygen atoms in total. The molecule has 1 aromatic carbocycles. The van der Waals surface area contributed by atoms with Gasteiger partial charge in [-0.15, -0.1) is 0 Å². The lowest BCUT2D eigenvalue weighted by molar-refractivity contribution is -0.122. The van der Waals surface area contributed by atoms with Crippen LogP contribution in [-0.2, 0) is 11.2 Å². The Balaban J connectivity index is 2.34. The van der Waals surface area contributed by atoms with E-state index in [0.29, 0.717) is 37.3 Å². The summed E-state index contributed by atoms with van der Waals surface area (Å²) in [7, 11) is 0. The normalized spacial score (nSPS) is 11.4. The zero-order valence-corrected chi connectivity index (χ0v) is 12.3. The Morgan fingerprint density at radius 3 is 2.37 bits per heavy atom. The van der Waals surface area contributed by atoms with E-state index in [4.69, 9.17) is 11.6 Å². The number of halogens is 1. The Kier molecular flexibility index (Phi) is 6.32. The smallest absolute Gasteiger partial charge is 0.220 e. The summed E-state index contributed by atoms with van der Waals surface area (Å²) in [5, 5.41) is 13.6. The van der Waals surface area contributed by atoms with Crippen LogP contribution in [0.2, 0.25) is 5.02 Å². The van der Waals surface area contributed by atoms with Crippen LogP contribution < -0.4 is 5.32 Å². The molecular weight excluding hydrogens is 262 g/mol. The third-order valence-electron chi connectivity index (χ3n) is 3.48. The van der Waals surface area contributed by atoms with E-state index >= 15 is 0 Å². The second-order valence-corrected chi connectivity index (χ2v) is 5.27. The van der Waals surface area contributed by atoms with Crippen molar-refractivity contribution < 1.29 is 9.90 Å². The number of aryl methyl sites for hydroxylation is 1. The van der Waals surface area contributed by atoms with Crippen LogP contribution in [0.4, 0.5) is 0 Å². The number of amides is 1. The highest BCUT2D eigenvalue weighted by Gasteiger charge is 2.22. The van der Waals surface area contributed by atoms with Crippen molar-refractivity contribution in [3.8, 4) is 0 Å². The van der Waals surface area contributed by atoms with Crippen LogP contribution in [-0.4, -0.2) is 23.2 Å². The van der Waals surface area contributed by atoms with Crippen LogP contribution in [0.15, 0.2) is 24.3 Å². The van der Waals surface area contributed by atoms with Crippen molar-refractivity contribution in [3.05, 3.63) is 34.9 Å². The highest BCUT2D eigenvalue weighted by atomic mass is 35.5. The van der Waals surface area contributed by atoms with E-state index in [1.54, 1.807) is 0 Å². The van der Waals surface area contributed by atoms with Crippen molar-refractivity contribution in [2.75, 3.05) is 6.54 Å². The third kappa shape index (κ3) is 5.62. The van der Waals surface area contributed by atoms with E-state index < -0.39 is 5.60 Å². The van der Waals surface area contributed by atoms with Gasteiger partial charge in [0.25, 0.3) is 0 Å². The van der Waals surface area contributed by atoms with Crippen LogP contribution >= 0.6 is 11.6 Å². The average Bonchev–Trinajstić information content (AvgIpc) is 2.44. The lowest BCUT2D eigenvalue weighted by Crippen LogP contribution is -2.42. The molecule has 0 fully saturated rings. The Hall–Kier alpha value is -1.06. The number of carbonyl (C=O) groups is 1. The lowest BCUT2D eigenvalue weighted by Gasteiger charge is -2.25. The van der Waals surface area contributed by atoms with Crippen LogP contribution in [0.1, 0.15) is 38.7 Å². The molecule has 0 spiro atoms. The largest absolute Gasteiger partial charge is 0.388 e. The zero-order chi connectivity index (χ0) is 14.3. The number of aliphatic hydroxyl groups is 1. The van der Waals surface area contributed by atoms with Crippen LogP contribution in [0, 0.1) is 0 Å². The summed E-state index contributed by atoms with van der Waals surface area (Å²) < 4.78 is 0. The fourth-order valence-electron chi connectivity index (χ4n) is 1.76. The molecule has 0 aliphatic heterocycles. The quantitative estimate of drug-likeness (QED) is 0.808. The van der Waals surface area contributed by atoms with Gasteiger partial charge < -0.3 is 10.4 Å². The summed E-state index contributed by atoms with van der Waals surface area (Å²) in [6.07, 6.45) is 2.38. The third-order valence-corrected chi connectivity index (χ3v) is 3.74. The van der Waals surface area contributed by atoms with Crippen molar-refractivity contribution in [1.29, 1.82) is 0 Å². The first-order valence-corrected chi connectivity index (χ1v) is 7.10. The minimum Gasteiger partial charge on any atom is -0.388 e. The van der Waals surface area contributed by atoms with Gasteiger partial charge in [0, 0.05) is 18.0 Å². The van der Waals surface area contributed by atoms with E-state index in [0.717, 1.165) is 5.56 Å². The molecule has 1 amide bonds. The van der Waals surface area contributed by atoms with E-state index in [2.05, 4.69) is 5.32 Å². The average molecular weight is 284 g/mol. The second-order valence-electron chi connectivity index (χ2n) is 4.83. The molecule has 0 aliphatic rings. The molecule has 106 valence electrons. The molecule has 0 bridgehead atoms. The van der Waals surface area contributed by atoms with Crippen molar-refractivity contribution in [2.45, 2.75) is 45.1 Å². The maximum atomic E-state index is 11.7. The maximum Gasteiger partial charge on any atom is 0.220 e. The number of hydrogen-bond donors (Lipinski definition) is 2. The van der Waals surface area contributed by atoms with Crippen LogP contribution in [0.5, 0.6) is 0 Å². The van der Waals surface area contributed by atoms with Gasteiger partial charge >= 0.3 is 0 Å². The highest BCUT2D eigenvalue weighted by Crippen LogP contribution is 2.13. The molecule has 0 aromatic heterocycles. The molecular formula is C15H22ClNO2. The minimum absolute atomic E-state index is 0.0322. The molecule has 0 aliphatic carbocycles. The van der Waals surface area contributed by atoms with Gasteiger partial charge in [0.15, 0.2) is 0 Å². The number of rotatable bonds is 7. The summed E-state index contributed by atoms with van der Waals surface area (Å²) >= 11 is 5.80. The summed E-state index contributed by atoms with van der Waals surface area (Å²) in [6, 6.07) is 7.48. The predicted octanol–water partition coefficient (Wildman–Crippen LogP) is 2.94. The summed E-state index contributed by atoms with van der Waals surface area (Å²) in [4.78, 5) is 11.7. The first-order valence-electron chi connectivity index (χ1n) is 6.72. The standard InChI is InChI=1S/C15H22ClNO2/c1-3-15(19,4-2)11-17-14(18)10-7-12-5-8-13(16)9-6-12/h5-6,8-9,19H,3-4,7,10-11H2,1-2H3,(H,17,18). The molecule has 0 unspecified atom stereocenters. The molecule has 19 heavy (non-hydrogen) atoms. The van der Waals surface area contributed by atoms with Crippen molar-refractivity contribution in [2.24, 2.45) is 0 Å². The molecule has 2 N–H and O–H groups in total. The number of benzene rings is 1. The number of nitrogens with one attached hydrogen (secondary N) is 1. The van der Waals surface area contributed by atoms with Gasteiger partial charge in [-0.25, -0.2) is 0 Å². The highest BCUT2D eigenvalue weighted by molar-refractivity contribution is 6.30. The summed E-state index contributed by atoms with van der Waals surface area (Å²) in [5.74, 6) is -0.0322. The van der Waals surface area contributed by atoms with Crippen LogP contribution in [0.25, 0.3) is 0 Å². The Labute approximate surface area is 120 Å². The molecule has 0 saturated carbocycles.